The Bertz CT molecular complexity index is 680. The maximum Gasteiger partial charge on any atom is 0.252 e. The number of pyridine rings is 1. The van der Waals surface area contributed by atoms with E-state index in [4.69, 9.17) is 16.3 Å². The first-order chi connectivity index (χ1) is 9.55. The van der Waals surface area contributed by atoms with Gasteiger partial charge in [-0.3, -0.25) is 0 Å². The molecule has 2 aromatic heterocycles. The van der Waals surface area contributed by atoms with Gasteiger partial charge >= 0.3 is 0 Å². The van der Waals surface area contributed by atoms with Gasteiger partial charge < -0.3 is 4.74 Å². The molecule has 0 N–H and O–H groups in total. The number of halogens is 1. The van der Waals surface area contributed by atoms with Gasteiger partial charge in [0, 0.05) is 12.3 Å². The molecule has 0 spiro atoms. The second kappa shape index (κ2) is 5.33. The van der Waals surface area contributed by atoms with E-state index in [1.807, 2.05) is 0 Å². The van der Waals surface area contributed by atoms with Gasteiger partial charge in [-0.1, -0.05) is 17.7 Å². The highest BCUT2D eigenvalue weighted by atomic mass is 35.5. The summed E-state index contributed by atoms with van der Waals surface area (Å²) >= 11 is 6.95. The number of thiophene rings is 1. The Balaban J connectivity index is 1.60. The third-order valence-corrected chi connectivity index (χ3v) is 6.32. The van der Waals surface area contributed by atoms with E-state index in [0.29, 0.717) is 28.2 Å². The van der Waals surface area contributed by atoms with Crippen molar-refractivity contribution in [3.8, 4) is 5.88 Å². The molecule has 8 heteroatoms. The summed E-state index contributed by atoms with van der Waals surface area (Å²) in [6.07, 6.45) is 1.33. The van der Waals surface area contributed by atoms with E-state index in [-0.39, 0.29) is 6.10 Å². The van der Waals surface area contributed by atoms with Gasteiger partial charge in [0.1, 0.15) is 10.3 Å². The van der Waals surface area contributed by atoms with Crippen molar-refractivity contribution >= 4 is 33.0 Å². The van der Waals surface area contributed by atoms with Crippen LogP contribution in [0.4, 0.5) is 0 Å². The third-order valence-electron chi connectivity index (χ3n) is 2.89. The number of hydrogen-bond donors (Lipinski definition) is 0. The molecule has 0 atom stereocenters. The maximum atomic E-state index is 12.2. The molecular formula is C12H11ClN2O3S2. The monoisotopic (exact) mass is 330 g/mol. The molecule has 1 fully saturated rings. The molecule has 0 amide bonds. The molecule has 3 heterocycles. The summed E-state index contributed by atoms with van der Waals surface area (Å²) in [5, 5.41) is 2.28. The van der Waals surface area contributed by atoms with Crippen molar-refractivity contribution < 1.29 is 13.2 Å². The number of aromatic nitrogens is 1. The van der Waals surface area contributed by atoms with Gasteiger partial charge in [0.05, 0.1) is 18.1 Å². The molecule has 1 saturated heterocycles. The first-order valence-electron chi connectivity index (χ1n) is 5.87. The summed E-state index contributed by atoms with van der Waals surface area (Å²) in [5.41, 5.74) is 0. The molecule has 0 radical (unpaired) electrons. The van der Waals surface area contributed by atoms with Crippen molar-refractivity contribution in [3.63, 3.8) is 0 Å². The Labute approximate surface area is 125 Å². The Kier molecular flexibility index (Phi) is 3.68. The predicted octanol–water partition coefficient (Wildman–Crippen LogP) is 2.25. The van der Waals surface area contributed by atoms with E-state index >= 15 is 0 Å². The van der Waals surface area contributed by atoms with Crippen molar-refractivity contribution in [1.29, 1.82) is 0 Å². The fourth-order valence-corrected chi connectivity index (χ4v) is 4.57. The smallest absolute Gasteiger partial charge is 0.252 e. The molecule has 20 heavy (non-hydrogen) atoms. The van der Waals surface area contributed by atoms with Gasteiger partial charge in [0.2, 0.25) is 5.88 Å². The Morgan fingerprint density at radius 2 is 2.15 bits per heavy atom. The minimum absolute atomic E-state index is 0.168. The zero-order valence-corrected chi connectivity index (χ0v) is 12.7. The van der Waals surface area contributed by atoms with Crippen molar-refractivity contribution in [1.82, 2.24) is 9.29 Å². The highest BCUT2D eigenvalue weighted by Crippen LogP contribution is 2.26. The minimum atomic E-state index is -3.36. The van der Waals surface area contributed by atoms with Crippen LogP contribution in [0.15, 0.2) is 40.1 Å². The van der Waals surface area contributed by atoms with Crippen LogP contribution in [0.2, 0.25) is 5.02 Å². The Hall–Kier alpha value is -1.15. The minimum Gasteiger partial charge on any atom is -0.472 e. The van der Waals surface area contributed by atoms with Crippen LogP contribution >= 0.6 is 22.9 Å². The number of ether oxygens (including phenoxy) is 1. The molecule has 3 rings (SSSR count). The quantitative estimate of drug-likeness (QED) is 0.862. The summed E-state index contributed by atoms with van der Waals surface area (Å²) in [6, 6.07) is 6.68. The molecule has 0 bridgehead atoms. The second-order valence-electron chi connectivity index (χ2n) is 4.31. The zero-order valence-electron chi connectivity index (χ0n) is 10.3. The molecule has 0 unspecified atom stereocenters. The topological polar surface area (TPSA) is 59.5 Å². The molecule has 2 aromatic rings. The van der Waals surface area contributed by atoms with E-state index in [9.17, 15) is 8.42 Å². The Morgan fingerprint density at radius 1 is 1.35 bits per heavy atom. The van der Waals surface area contributed by atoms with E-state index in [1.165, 1.54) is 21.8 Å². The van der Waals surface area contributed by atoms with E-state index < -0.39 is 10.0 Å². The summed E-state index contributed by atoms with van der Waals surface area (Å²) < 4.78 is 31.7. The summed E-state index contributed by atoms with van der Waals surface area (Å²) in [6.45, 7) is 0.676. The molecule has 106 valence electrons. The van der Waals surface area contributed by atoms with Crippen molar-refractivity contribution in [2.75, 3.05) is 13.1 Å². The molecular weight excluding hydrogens is 320 g/mol. The largest absolute Gasteiger partial charge is 0.472 e. The average molecular weight is 331 g/mol. The summed E-state index contributed by atoms with van der Waals surface area (Å²) in [4.78, 5) is 4.02. The third kappa shape index (κ3) is 2.67. The van der Waals surface area contributed by atoms with E-state index in [0.717, 1.165) is 0 Å². The Morgan fingerprint density at radius 3 is 2.75 bits per heavy atom. The fourth-order valence-electron chi connectivity index (χ4n) is 1.81. The lowest BCUT2D eigenvalue weighted by Crippen LogP contribution is -2.55. The number of hydrogen-bond acceptors (Lipinski definition) is 5. The first kappa shape index (κ1) is 13.8. The standard InChI is InChI=1S/C12H11ClN2O3S2/c13-9-3-4-11(14-6-9)18-10-7-15(8-10)20(16,17)12-2-1-5-19-12/h1-6,10H,7-8H2. The van der Waals surface area contributed by atoms with Gasteiger partial charge in [-0.2, -0.15) is 4.31 Å². The van der Waals surface area contributed by atoms with Crippen LogP contribution in [0.1, 0.15) is 0 Å². The van der Waals surface area contributed by atoms with Crippen molar-refractivity contribution in [2.24, 2.45) is 0 Å². The normalized spacial score (nSPS) is 16.9. The molecule has 0 aromatic carbocycles. The van der Waals surface area contributed by atoms with Crippen molar-refractivity contribution in [2.45, 2.75) is 10.3 Å². The second-order valence-corrected chi connectivity index (χ2v) is 7.86. The van der Waals surface area contributed by atoms with Crippen LogP contribution < -0.4 is 4.74 Å². The van der Waals surface area contributed by atoms with Crippen LogP contribution in [0.3, 0.4) is 0 Å². The lowest BCUT2D eigenvalue weighted by Gasteiger charge is -2.37. The van der Waals surface area contributed by atoms with Crippen molar-refractivity contribution in [3.05, 3.63) is 40.9 Å². The van der Waals surface area contributed by atoms with E-state index in [2.05, 4.69) is 4.98 Å². The zero-order chi connectivity index (χ0) is 14.2. The highest BCUT2D eigenvalue weighted by molar-refractivity contribution is 7.91. The first-order valence-corrected chi connectivity index (χ1v) is 8.57. The van der Waals surface area contributed by atoms with Crippen LogP contribution in [0.25, 0.3) is 0 Å². The lowest BCUT2D eigenvalue weighted by atomic mass is 10.2. The molecule has 0 aliphatic carbocycles. The highest BCUT2D eigenvalue weighted by Gasteiger charge is 2.38. The van der Waals surface area contributed by atoms with Gasteiger partial charge in [0.25, 0.3) is 10.0 Å². The van der Waals surface area contributed by atoms with E-state index in [1.54, 1.807) is 29.6 Å². The summed E-state index contributed by atoms with van der Waals surface area (Å²) in [5.74, 6) is 0.451. The predicted molar refractivity (Wildman–Crippen MR) is 76.7 cm³/mol. The van der Waals surface area contributed by atoms with Gasteiger partial charge in [-0.25, -0.2) is 13.4 Å². The number of nitrogens with zero attached hydrogens (tertiary/aromatic N) is 2. The summed E-state index contributed by atoms with van der Waals surface area (Å²) in [7, 11) is -3.36. The van der Waals surface area contributed by atoms with Gasteiger partial charge in [-0.15, -0.1) is 11.3 Å². The van der Waals surface area contributed by atoms with Crippen LogP contribution in [-0.4, -0.2) is 36.9 Å². The molecule has 0 saturated carbocycles. The SMILES string of the molecule is O=S(=O)(c1cccs1)N1CC(Oc2ccc(Cl)cn2)C1. The van der Waals surface area contributed by atoms with Gasteiger partial charge in [-0.05, 0) is 17.5 Å². The maximum absolute atomic E-state index is 12.2. The molecule has 5 nitrogen and oxygen atoms in total. The van der Waals surface area contributed by atoms with Crippen LogP contribution in [0, 0.1) is 0 Å². The molecule has 1 aliphatic heterocycles. The lowest BCUT2D eigenvalue weighted by molar-refractivity contribution is 0.0722. The van der Waals surface area contributed by atoms with Crippen LogP contribution in [-0.2, 0) is 10.0 Å². The number of rotatable bonds is 4. The number of sulfonamides is 1. The fraction of sp³-hybridized carbons (Fsp3) is 0.250. The molecule has 1 aliphatic rings. The average Bonchev–Trinajstić information content (AvgIpc) is 2.89. The van der Waals surface area contributed by atoms with Crippen LogP contribution in [0.5, 0.6) is 5.88 Å². The van der Waals surface area contributed by atoms with Gasteiger partial charge in [0.15, 0.2) is 0 Å².